The van der Waals surface area contributed by atoms with Gasteiger partial charge in [-0.15, -0.1) is 10.2 Å². The van der Waals surface area contributed by atoms with Gasteiger partial charge in [-0.05, 0) is 61.2 Å². The largest absolute Gasteiger partial charge is 0.438 e. The summed E-state index contributed by atoms with van der Waals surface area (Å²) < 4.78 is 7.56. The van der Waals surface area contributed by atoms with Crippen LogP contribution in [0.15, 0.2) is 60.9 Å². The Morgan fingerprint density at radius 2 is 1.84 bits per heavy atom. The molecule has 4 rings (SSSR count). The average molecular weight is 334 g/mol. The van der Waals surface area contributed by atoms with Crippen LogP contribution in [0, 0.1) is 5.92 Å². The zero-order valence-electron chi connectivity index (χ0n) is 13.6. The van der Waals surface area contributed by atoms with Crippen molar-refractivity contribution in [3.63, 3.8) is 0 Å². The third-order valence-electron chi connectivity index (χ3n) is 4.03. The quantitative estimate of drug-likeness (QED) is 0.744. The highest BCUT2D eigenvalue weighted by Crippen LogP contribution is 2.32. The van der Waals surface area contributed by atoms with Crippen molar-refractivity contribution in [2.75, 3.05) is 5.32 Å². The van der Waals surface area contributed by atoms with Gasteiger partial charge in [-0.2, -0.15) is 0 Å². The molecule has 6 heteroatoms. The number of hydrogen-bond donors (Lipinski definition) is 1. The van der Waals surface area contributed by atoms with Gasteiger partial charge in [0.25, 0.3) is 0 Å². The predicted molar refractivity (Wildman–Crippen MR) is 93.8 cm³/mol. The lowest BCUT2D eigenvalue weighted by molar-refractivity contribution is -0.116. The lowest BCUT2D eigenvalue weighted by atomic mass is 10.2. The van der Waals surface area contributed by atoms with Gasteiger partial charge in [0.2, 0.25) is 11.8 Å². The van der Waals surface area contributed by atoms with E-state index < -0.39 is 0 Å². The van der Waals surface area contributed by atoms with Crippen LogP contribution < -0.4 is 10.1 Å². The van der Waals surface area contributed by atoms with Gasteiger partial charge in [0, 0.05) is 30.6 Å². The Morgan fingerprint density at radius 3 is 2.48 bits per heavy atom. The Kier molecular flexibility index (Phi) is 4.16. The first-order valence-electron chi connectivity index (χ1n) is 8.31. The number of hydrogen-bond acceptors (Lipinski definition) is 4. The third kappa shape index (κ3) is 4.03. The molecule has 25 heavy (non-hydrogen) atoms. The molecule has 0 aliphatic heterocycles. The summed E-state index contributed by atoms with van der Waals surface area (Å²) in [7, 11) is 0. The van der Waals surface area contributed by atoms with Crippen molar-refractivity contribution < 1.29 is 9.53 Å². The standard InChI is InChI=1S/C19H18N4O2/c24-18(13-14-3-4-14)20-15-5-7-16(8-6-15)25-19-10-9-17(21-22-19)23-11-1-2-12-23/h1-2,5-12,14H,3-4,13H2,(H,20,24). The van der Waals surface area contributed by atoms with Gasteiger partial charge in [-0.25, -0.2) is 0 Å². The van der Waals surface area contributed by atoms with E-state index in [0.717, 1.165) is 11.5 Å². The van der Waals surface area contributed by atoms with Crippen LogP contribution in [0.3, 0.4) is 0 Å². The lowest BCUT2D eigenvalue weighted by Crippen LogP contribution is -2.11. The zero-order valence-corrected chi connectivity index (χ0v) is 13.6. The molecule has 1 N–H and O–H groups in total. The molecule has 0 bridgehead atoms. The van der Waals surface area contributed by atoms with Gasteiger partial charge in [-0.3, -0.25) is 4.79 Å². The second-order valence-corrected chi connectivity index (χ2v) is 6.14. The summed E-state index contributed by atoms with van der Waals surface area (Å²) in [5.41, 5.74) is 0.770. The minimum atomic E-state index is 0.0719. The number of aromatic nitrogens is 3. The maximum atomic E-state index is 11.8. The number of nitrogens with one attached hydrogen (secondary N) is 1. The highest BCUT2D eigenvalue weighted by Gasteiger charge is 2.24. The molecule has 0 saturated heterocycles. The molecule has 1 fully saturated rings. The van der Waals surface area contributed by atoms with E-state index in [1.807, 2.05) is 47.3 Å². The van der Waals surface area contributed by atoms with Crippen molar-refractivity contribution in [2.24, 2.45) is 5.92 Å². The van der Waals surface area contributed by atoms with Gasteiger partial charge in [0.15, 0.2) is 5.82 Å². The van der Waals surface area contributed by atoms with E-state index >= 15 is 0 Å². The van der Waals surface area contributed by atoms with E-state index in [9.17, 15) is 4.79 Å². The highest BCUT2D eigenvalue weighted by atomic mass is 16.5. The predicted octanol–water partition coefficient (Wildman–Crippen LogP) is 3.80. The summed E-state index contributed by atoms with van der Waals surface area (Å²) >= 11 is 0. The number of ether oxygens (including phenoxy) is 1. The fourth-order valence-electron chi connectivity index (χ4n) is 2.52. The molecule has 6 nitrogen and oxygen atoms in total. The van der Waals surface area contributed by atoms with Crippen molar-refractivity contribution >= 4 is 11.6 Å². The molecule has 2 heterocycles. The summed E-state index contributed by atoms with van der Waals surface area (Å²) in [6, 6.07) is 14.7. The lowest BCUT2D eigenvalue weighted by Gasteiger charge is -2.07. The minimum Gasteiger partial charge on any atom is -0.438 e. The molecule has 0 unspecified atom stereocenters. The van der Waals surface area contributed by atoms with E-state index in [-0.39, 0.29) is 5.91 Å². The topological polar surface area (TPSA) is 69.0 Å². The van der Waals surface area contributed by atoms with Crippen LogP contribution in [0.25, 0.3) is 5.82 Å². The first-order valence-corrected chi connectivity index (χ1v) is 8.31. The molecule has 1 amide bonds. The monoisotopic (exact) mass is 334 g/mol. The minimum absolute atomic E-state index is 0.0719. The Balaban J connectivity index is 1.36. The van der Waals surface area contributed by atoms with Crippen molar-refractivity contribution in [1.29, 1.82) is 0 Å². The smallest absolute Gasteiger partial charge is 0.238 e. The fraction of sp³-hybridized carbons (Fsp3) is 0.211. The first-order chi connectivity index (χ1) is 12.3. The summed E-state index contributed by atoms with van der Waals surface area (Å²) in [5, 5.41) is 11.1. The molecular weight excluding hydrogens is 316 g/mol. The summed E-state index contributed by atoms with van der Waals surface area (Å²) in [6.45, 7) is 0. The van der Waals surface area contributed by atoms with E-state index in [0.29, 0.717) is 24.0 Å². The maximum Gasteiger partial charge on any atom is 0.238 e. The van der Waals surface area contributed by atoms with E-state index in [4.69, 9.17) is 4.74 Å². The summed E-state index contributed by atoms with van der Waals surface area (Å²) in [5.74, 6) is 2.44. The SMILES string of the molecule is O=C(CC1CC1)Nc1ccc(Oc2ccc(-n3cccc3)nn2)cc1. The van der Waals surface area contributed by atoms with E-state index in [1.54, 1.807) is 18.2 Å². The van der Waals surface area contributed by atoms with Crippen LogP contribution in [0.2, 0.25) is 0 Å². The summed E-state index contributed by atoms with van der Waals surface area (Å²) in [4.78, 5) is 11.8. The average Bonchev–Trinajstić information content (AvgIpc) is 3.26. The van der Waals surface area contributed by atoms with Crippen molar-refractivity contribution in [2.45, 2.75) is 19.3 Å². The Labute approximate surface area is 145 Å². The third-order valence-corrected chi connectivity index (χ3v) is 4.03. The molecule has 0 spiro atoms. The number of anilines is 1. The Morgan fingerprint density at radius 1 is 1.08 bits per heavy atom. The molecule has 1 aliphatic carbocycles. The second kappa shape index (κ2) is 6.76. The molecule has 2 aromatic heterocycles. The van der Waals surface area contributed by atoms with Crippen LogP contribution >= 0.6 is 0 Å². The van der Waals surface area contributed by atoms with Crippen LogP contribution in [0.5, 0.6) is 11.6 Å². The number of rotatable bonds is 6. The van der Waals surface area contributed by atoms with Crippen molar-refractivity contribution in [3.05, 3.63) is 60.9 Å². The maximum absolute atomic E-state index is 11.8. The van der Waals surface area contributed by atoms with Crippen LogP contribution in [-0.2, 0) is 4.79 Å². The molecule has 1 aromatic carbocycles. The molecular formula is C19H18N4O2. The Hall–Kier alpha value is -3.15. The molecule has 0 atom stereocenters. The molecule has 3 aromatic rings. The molecule has 1 saturated carbocycles. The van der Waals surface area contributed by atoms with Crippen LogP contribution in [0.1, 0.15) is 19.3 Å². The van der Waals surface area contributed by atoms with Crippen LogP contribution in [-0.4, -0.2) is 20.7 Å². The number of carbonyl (C=O) groups excluding carboxylic acids is 1. The van der Waals surface area contributed by atoms with Gasteiger partial charge < -0.3 is 14.6 Å². The number of benzene rings is 1. The van der Waals surface area contributed by atoms with Gasteiger partial charge >= 0.3 is 0 Å². The zero-order chi connectivity index (χ0) is 17.1. The number of nitrogens with zero attached hydrogens (tertiary/aromatic N) is 3. The Bertz CT molecular complexity index is 838. The fourth-order valence-corrected chi connectivity index (χ4v) is 2.52. The molecule has 1 aliphatic rings. The summed E-state index contributed by atoms with van der Waals surface area (Å²) in [6.07, 6.45) is 6.76. The van der Waals surface area contributed by atoms with Gasteiger partial charge in [0.1, 0.15) is 5.75 Å². The van der Waals surface area contributed by atoms with Crippen molar-refractivity contribution in [1.82, 2.24) is 14.8 Å². The van der Waals surface area contributed by atoms with Gasteiger partial charge in [0.05, 0.1) is 0 Å². The highest BCUT2D eigenvalue weighted by molar-refractivity contribution is 5.91. The number of amides is 1. The molecule has 0 radical (unpaired) electrons. The molecule has 126 valence electrons. The van der Waals surface area contributed by atoms with Crippen LogP contribution in [0.4, 0.5) is 5.69 Å². The number of carbonyl (C=O) groups is 1. The first kappa shape index (κ1) is 15.4. The normalized spacial score (nSPS) is 13.4. The van der Waals surface area contributed by atoms with E-state index in [1.165, 1.54) is 12.8 Å². The van der Waals surface area contributed by atoms with Crippen molar-refractivity contribution in [3.8, 4) is 17.4 Å². The van der Waals surface area contributed by atoms with E-state index in [2.05, 4.69) is 15.5 Å². The van der Waals surface area contributed by atoms with Gasteiger partial charge in [-0.1, -0.05) is 0 Å². The second-order valence-electron chi connectivity index (χ2n) is 6.14.